The monoisotopic (exact) mass is 367 g/mol. The quantitative estimate of drug-likeness (QED) is 0.901. The second kappa shape index (κ2) is 6.43. The van der Waals surface area contributed by atoms with E-state index in [-0.39, 0.29) is 6.04 Å². The second-order valence-electron chi connectivity index (χ2n) is 5.73. The Morgan fingerprint density at radius 3 is 2.68 bits per heavy atom. The van der Waals surface area contributed by atoms with Crippen LogP contribution in [-0.2, 0) is 4.74 Å². The average Bonchev–Trinajstić information content (AvgIpc) is 2.86. The molecule has 7 nitrogen and oxygen atoms in total. The summed E-state index contributed by atoms with van der Waals surface area (Å²) in [4.78, 5) is 20.3. The molecule has 22 heavy (non-hydrogen) atoms. The number of nitrogens with zero attached hydrogens (tertiary/aromatic N) is 4. The van der Waals surface area contributed by atoms with Gasteiger partial charge in [0.15, 0.2) is 11.6 Å². The summed E-state index contributed by atoms with van der Waals surface area (Å²) in [7, 11) is 0. The molecular formula is C14H18BrN5O2. The number of rotatable bonds is 3. The van der Waals surface area contributed by atoms with Crippen molar-refractivity contribution in [2.45, 2.75) is 39.3 Å². The van der Waals surface area contributed by atoms with Gasteiger partial charge >= 0.3 is 6.09 Å². The summed E-state index contributed by atoms with van der Waals surface area (Å²) in [6.45, 7) is 7.24. The molecule has 1 unspecified atom stereocenters. The molecule has 2 aromatic heterocycles. The molecule has 0 spiro atoms. The lowest BCUT2D eigenvalue weighted by Gasteiger charge is -2.21. The topological polar surface area (TPSA) is 81.9 Å². The first kappa shape index (κ1) is 16.4. The summed E-state index contributed by atoms with van der Waals surface area (Å²) in [5.41, 5.74) is -0.551. The molecular weight excluding hydrogens is 350 g/mol. The maximum atomic E-state index is 11.8. The maximum absolute atomic E-state index is 11.8. The number of hydrogen-bond acceptors (Lipinski definition) is 5. The maximum Gasteiger partial charge on any atom is 0.408 e. The van der Waals surface area contributed by atoms with Crippen molar-refractivity contribution in [3.63, 3.8) is 0 Å². The van der Waals surface area contributed by atoms with Crippen LogP contribution in [0.25, 0.3) is 5.82 Å². The van der Waals surface area contributed by atoms with Crippen LogP contribution in [0.4, 0.5) is 4.79 Å². The Balaban J connectivity index is 2.15. The third kappa shape index (κ3) is 4.27. The molecule has 2 rings (SSSR count). The van der Waals surface area contributed by atoms with Gasteiger partial charge in [0.2, 0.25) is 0 Å². The van der Waals surface area contributed by atoms with Crippen molar-refractivity contribution in [2.75, 3.05) is 0 Å². The summed E-state index contributed by atoms with van der Waals surface area (Å²) in [5.74, 6) is 1.19. The lowest BCUT2D eigenvalue weighted by Crippen LogP contribution is -2.35. The number of aromatic nitrogens is 4. The van der Waals surface area contributed by atoms with Crippen molar-refractivity contribution in [3.05, 3.63) is 35.0 Å². The van der Waals surface area contributed by atoms with Gasteiger partial charge in [-0.25, -0.2) is 14.8 Å². The minimum atomic E-state index is -0.551. The van der Waals surface area contributed by atoms with E-state index < -0.39 is 11.7 Å². The number of nitrogens with one attached hydrogen (secondary N) is 1. The third-order valence-electron chi connectivity index (χ3n) is 2.62. The third-order valence-corrected chi connectivity index (χ3v) is 3.09. The minimum Gasteiger partial charge on any atom is -0.444 e. The van der Waals surface area contributed by atoms with E-state index in [1.54, 1.807) is 10.9 Å². The number of ether oxygens (including phenoxy) is 1. The molecule has 0 aliphatic heterocycles. The van der Waals surface area contributed by atoms with Crippen LogP contribution < -0.4 is 5.32 Å². The number of amides is 1. The minimum absolute atomic E-state index is 0.372. The summed E-state index contributed by atoms with van der Waals surface area (Å²) in [5, 5.41) is 6.89. The van der Waals surface area contributed by atoms with Crippen molar-refractivity contribution >= 4 is 22.0 Å². The molecule has 0 saturated carbocycles. The van der Waals surface area contributed by atoms with Crippen molar-refractivity contribution in [3.8, 4) is 5.82 Å². The molecule has 0 aromatic carbocycles. The van der Waals surface area contributed by atoms with Crippen molar-refractivity contribution in [1.29, 1.82) is 0 Å². The Hall–Kier alpha value is -1.96. The molecule has 2 heterocycles. The Morgan fingerprint density at radius 2 is 2.09 bits per heavy atom. The number of carbonyl (C=O) groups excluding carboxylic acids is 1. The first-order valence-corrected chi connectivity index (χ1v) is 7.57. The molecule has 0 aliphatic rings. The number of pyridine rings is 1. The van der Waals surface area contributed by atoms with Crippen LogP contribution >= 0.6 is 15.9 Å². The summed E-state index contributed by atoms with van der Waals surface area (Å²) < 4.78 is 7.69. The van der Waals surface area contributed by atoms with E-state index in [0.717, 1.165) is 4.47 Å². The fourth-order valence-corrected chi connectivity index (χ4v) is 2.00. The highest BCUT2D eigenvalue weighted by Gasteiger charge is 2.21. The molecule has 0 saturated heterocycles. The molecule has 0 bridgehead atoms. The van der Waals surface area contributed by atoms with E-state index in [4.69, 9.17) is 4.74 Å². The van der Waals surface area contributed by atoms with E-state index in [1.165, 1.54) is 6.33 Å². The van der Waals surface area contributed by atoms with Crippen molar-refractivity contribution < 1.29 is 9.53 Å². The van der Waals surface area contributed by atoms with Gasteiger partial charge in [-0.3, -0.25) is 0 Å². The summed E-state index contributed by atoms with van der Waals surface area (Å²) in [6, 6.07) is 3.30. The molecule has 118 valence electrons. The number of halogens is 1. The van der Waals surface area contributed by atoms with Crippen LogP contribution in [0, 0.1) is 0 Å². The second-order valence-corrected chi connectivity index (χ2v) is 6.65. The molecule has 2 aromatic rings. The van der Waals surface area contributed by atoms with E-state index in [9.17, 15) is 4.79 Å². The van der Waals surface area contributed by atoms with E-state index >= 15 is 0 Å². The van der Waals surface area contributed by atoms with Gasteiger partial charge in [0, 0.05) is 10.7 Å². The fraction of sp³-hybridized carbons (Fsp3) is 0.429. The van der Waals surface area contributed by atoms with Gasteiger partial charge in [0.25, 0.3) is 0 Å². The van der Waals surface area contributed by atoms with Crippen LogP contribution in [0.3, 0.4) is 0 Å². The van der Waals surface area contributed by atoms with Crippen molar-refractivity contribution in [2.24, 2.45) is 0 Å². The molecule has 0 aliphatic carbocycles. The van der Waals surface area contributed by atoms with Gasteiger partial charge in [0.1, 0.15) is 11.9 Å². The lowest BCUT2D eigenvalue weighted by molar-refractivity contribution is 0.0505. The lowest BCUT2D eigenvalue weighted by atomic mass is 10.2. The van der Waals surface area contributed by atoms with Gasteiger partial charge in [-0.2, -0.15) is 9.78 Å². The number of hydrogen-bond donors (Lipinski definition) is 1. The van der Waals surface area contributed by atoms with Gasteiger partial charge in [-0.05, 0) is 55.8 Å². The highest BCUT2D eigenvalue weighted by atomic mass is 79.9. The Labute approximate surface area is 137 Å². The van der Waals surface area contributed by atoms with Gasteiger partial charge in [-0.1, -0.05) is 0 Å². The van der Waals surface area contributed by atoms with E-state index in [0.29, 0.717) is 11.6 Å². The Morgan fingerprint density at radius 1 is 1.36 bits per heavy atom. The van der Waals surface area contributed by atoms with Crippen LogP contribution in [0.2, 0.25) is 0 Å². The normalized spacial score (nSPS) is 12.8. The molecule has 0 fully saturated rings. The first-order chi connectivity index (χ1) is 10.3. The fourth-order valence-electron chi connectivity index (χ4n) is 1.76. The molecule has 0 radical (unpaired) electrons. The highest BCUT2D eigenvalue weighted by molar-refractivity contribution is 9.10. The zero-order chi connectivity index (χ0) is 16.3. The van der Waals surface area contributed by atoms with Gasteiger partial charge in [-0.15, -0.1) is 0 Å². The number of alkyl carbamates (subject to hydrolysis) is 1. The SMILES string of the molecule is CC(NC(=O)OC(C)(C)C)c1ncnn1-c1ccc(Br)cn1. The number of carbonyl (C=O) groups is 1. The summed E-state index contributed by atoms with van der Waals surface area (Å²) >= 11 is 3.34. The molecule has 1 atom stereocenters. The van der Waals surface area contributed by atoms with E-state index in [1.807, 2.05) is 39.8 Å². The zero-order valence-corrected chi connectivity index (χ0v) is 14.5. The largest absolute Gasteiger partial charge is 0.444 e. The van der Waals surface area contributed by atoms with Gasteiger partial charge < -0.3 is 10.1 Å². The van der Waals surface area contributed by atoms with Crippen LogP contribution in [0.1, 0.15) is 39.6 Å². The van der Waals surface area contributed by atoms with Crippen LogP contribution in [0.15, 0.2) is 29.1 Å². The molecule has 1 N–H and O–H groups in total. The molecule has 1 amide bonds. The van der Waals surface area contributed by atoms with Gasteiger partial charge in [0.05, 0.1) is 6.04 Å². The molecule has 8 heteroatoms. The summed E-state index contributed by atoms with van der Waals surface area (Å²) in [6.07, 6.45) is 2.59. The zero-order valence-electron chi connectivity index (χ0n) is 12.9. The predicted octanol–water partition coefficient (Wildman–Crippen LogP) is 3.01. The van der Waals surface area contributed by atoms with Crippen molar-refractivity contribution in [1.82, 2.24) is 25.1 Å². The highest BCUT2D eigenvalue weighted by Crippen LogP contribution is 2.16. The van der Waals surface area contributed by atoms with Crippen LogP contribution in [0.5, 0.6) is 0 Å². The van der Waals surface area contributed by atoms with Crippen LogP contribution in [-0.4, -0.2) is 31.4 Å². The Kier molecular flexibility index (Phi) is 4.80. The average molecular weight is 368 g/mol. The Bertz CT molecular complexity index is 648. The first-order valence-electron chi connectivity index (χ1n) is 6.77. The predicted molar refractivity (Wildman–Crippen MR) is 84.6 cm³/mol. The van der Waals surface area contributed by atoms with E-state index in [2.05, 4.69) is 36.3 Å². The standard InChI is InChI=1S/C14H18BrN5O2/c1-9(19-13(21)22-14(2,3)4)12-17-8-18-20(12)11-6-5-10(15)7-16-11/h5-9H,1-4H3,(H,19,21). The smallest absolute Gasteiger partial charge is 0.408 e.